The predicted molar refractivity (Wildman–Crippen MR) is 110 cm³/mol. The molecule has 1 amide bonds. The molecule has 7 nitrogen and oxygen atoms in total. The summed E-state index contributed by atoms with van der Waals surface area (Å²) in [5.74, 6) is 0.428. The van der Waals surface area contributed by atoms with Gasteiger partial charge in [0.05, 0.1) is 16.8 Å². The first-order valence-corrected chi connectivity index (χ1v) is 10.0. The monoisotopic (exact) mass is 396 g/mol. The van der Waals surface area contributed by atoms with Crippen LogP contribution in [0, 0.1) is 6.92 Å². The number of nitrogens with zero attached hydrogens (tertiary/aromatic N) is 1. The first-order chi connectivity index (χ1) is 13.3. The molecule has 2 aromatic carbocycles. The Labute approximate surface area is 163 Å². The van der Waals surface area contributed by atoms with Gasteiger partial charge in [-0.2, -0.15) is 0 Å². The lowest BCUT2D eigenvalue weighted by molar-refractivity contribution is -0.114. The van der Waals surface area contributed by atoms with Crippen LogP contribution in [0.1, 0.15) is 12.5 Å². The fraction of sp³-hybridized carbons (Fsp3) is 0.100. The Morgan fingerprint density at radius 1 is 0.929 bits per heavy atom. The largest absolute Gasteiger partial charge is 0.340 e. The molecule has 0 aliphatic carbocycles. The maximum atomic E-state index is 12.5. The molecule has 3 N–H and O–H groups in total. The Balaban J connectivity index is 1.67. The summed E-state index contributed by atoms with van der Waals surface area (Å²) in [4.78, 5) is 15.5. The van der Waals surface area contributed by atoms with Crippen molar-refractivity contribution >= 4 is 38.8 Å². The molecule has 8 heteroatoms. The molecule has 3 aromatic rings. The van der Waals surface area contributed by atoms with Crippen molar-refractivity contribution in [1.82, 2.24) is 4.98 Å². The third-order valence-electron chi connectivity index (χ3n) is 3.79. The SMILES string of the molecule is CC(=O)Nc1ccc(Nc2ccc(NS(=O)(=O)c3cccc(C)c3)cn2)cc1. The second-order valence-corrected chi connectivity index (χ2v) is 7.92. The molecule has 1 aromatic heterocycles. The van der Waals surface area contributed by atoms with E-state index >= 15 is 0 Å². The van der Waals surface area contributed by atoms with Crippen LogP contribution < -0.4 is 15.4 Å². The van der Waals surface area contributed by atoms with Crippen molar-refractivity contribution in [2.45, 2.75) is 18.7 Å². The van der Waals surface area contributed by atoms with Crippen molar-refractivity contribution in [3.63, 3.8) is 0 Å². The highest BCUT2D eigenvalue weighted by Crippen LogP contribution is 2.20. The number of anilines is 4. The molecule has 0 saturated heterocycles. The number of amides is 1. The normalized spacial score (nSPS) is 10.9. The topological polar surface area (TPSA) is 100 Å². The number of sulfonamides is 1. The second kappa shape index (κ2) is 8.10. The number of carbonyl (C=O) groups is 1. The van der Waals surface area contributed by atoms with Crippen LogP contribution in [0.25, 0.3) is 0 Å². The number of benzene rings is 2. The molecule has 0 saturated carbocycles. The van der Waals surface area contributed by atoms with Gasteiger partial charge >= 0.3 is 0 Å². The summed E-state index contributed by atoms with van der Waals surface area (Å²) in [5.41, 5.74) is 2.72. The molecule has 144 valence electrons. The number of carbonyl (C=O) groups excluding carboxylic acids is 1. The maximum Gasteiger partial charge on any atom is 0.261 e. The van der Waals surface area contributed by atoms with Gasteiger partial charge in [0, 0.05) is 18.3 Å². The summed E-state index contributed by atoms with van der Waals surface area (Å²) >= 11 is 0. The van der Waals surface area contributed by atoms with Gasteiger partial charge in [-0.25, -0.2) is 13.4 Å². The number of hydrogen-bond acceptors (Lipinski definition) is 5. The minimum Gasteiger partial charge on any atom is -0.340 e. The van der Waals surface area contributed by atoms with Crippen LogP contribution in [0.15, 0.2) is 71.8 Å². The van der Waals surface area contributed by atoms with Crippen LogP contribution in [-0.4, -0.2) is 19.3 Å². The number of nitrogens with one attached hydrogen (secondary N) is 3. The fourth-order valence-corrected chi connectivity index (χ4v) is 3.66. The number of pyridine rings is 1. The van der Waals surface area contributed by atoms with E-state index in [9.17, 15) is 13.2 Å². The van der Waals surface area contributed by atoms with Crippen molar-refractivity contribution in [2.24, 2.45) is 0 Å². The van der Waals surface area contributed by atoms with Gasteiger partial charge in [-0.3, -0.25) is 9.52 Å². The Kier molecular flexibility index (Phi) is 5.60. The quantitative estimate of drug-likeness (QED) is 0.587. The maximum absolute atomic E-state index is 12.5. The summed E-state index contributed by atoms with van der Waals surface area (Å²) in [6.45, 7) is 3.29. The highest BCUT2D eigenvalue weighted by Gasteiger charge is 2.14. The van der Waals surface area contributed by atoms with Crippen LogP contribution in [0.3, 0.4) is 0 Å². The van der Waals surface area contributed by atoms with Gasteiger partial charge in [-0.1, -0.05) is 12.1 Å². The predicted octanol–water partition coefficient (Wildman–Crippen LogP) is 3.89. The molecule has 0 fully saturated rings. The Morgan fingerprint density at radius 2 is 1.61 bits per heavy atom. The standard InChI is InChI=1S/C20H20N4O3S/c1-14-4-3-5-19(12-14)28(26,27)24-18-10-11-20(21-13-18)23-17-8-6-16(7-9-17)22-15(2)25/h3-13,24H,1-2H3,(H,21,23)(H,22,25). The summed E-state index contributed by atoms with van der Waals surface area (Å²) in [6.07, 6.45) is 1.45. The van der Waals surface area contributed by atoms with Crippen LogP contribution >= 0.6 is 0 Å². The molecule has 0 atom stereocenters. The minimum atomic E-state index is -3.67. The summed E-state index contributed by atoms with van der Waals surface area (Å²) in [7, 11) is -3.67. The molecule has 0 bridgehead atoms. The van der Waals surface area contributed by atoms with E-state index in [1.54, 1.807) is 54.6 Å². The van der Waals surface area contributed by atoms with E-state index < -0.39 is 10.0 Å². The molecular weight excluding hydrogens is 376 g/mol. The molecular formula is C20H20N4O3S. The number of aromatic nitrogens is 1. The molecule has 0 spiro atoms. The minimum absolute atomic E-state index is 0.133. The molecule has 1 heterocycles. The van der Waals surface area contributed by atoms with Crippen LogP contribution in [0.2, 0.25) is 0 Å². The van der Waals surface area contributed by atoms with Gasteiger partial charge in [0.25, 0.3) is 10.0 Å². The van der Waals surface area contributed by atoms with Gasteiger partial charge < -0.3 is 10.6 Å². The molecule has 3 rings (SSSR count). The fourth-order valence-electron chi connectivity index (χ4n) is 2.51. The van der Waals surface area contributed by atoms with Crippen molar-refractivity contribution in [3.05, 3.63) is 72.4 Å². The van der Waals surface area contributed by atoms with Crippen molar-refractivity contribution in [1.29, 1.82) is 0 Å². The molecule has 0 radical (unpaired) electrons. The van der Waals surface area contributed by atoms with E-state index in [1.807, 2.05) is 13.0 Å². The smallest absolute Gasteiger partial charge is 0.261 e. The van der Waals surface area contributed by atoms with Crippen LogP contribution in [-0.2, 0) is 14.8 Å². The highest BCUT2D eigenvalue weighted by atomic mass is 32.2. The molecule has 0 unspecified atom stereocenters. The van der Waals surface area contributed by atoms with E-state index in [2.05, 4.69) is 20.3 Å². The summed E-state index contributed by atoms with van der Waals surface area (Å²) < 4.78 is 27.4. The number of rotatable bonds is 6. The third kappa shape index (κ3) is 5.08. The molecule has 28 heavy (non-hydrogen) atoms. The number of hydrogen-bond donors (Lipinski definition) is 3. The average molecular weight is 396 g/mol. The van der Waals surface area contributed by atoms with E-state index in [0.29, 0.717) is 17.2 Å². The first-order valence-electron chi connectivity index (χ1n) is 8.52. The Morgan fingerprint density at radius 3 is 2.21 bits per heavy atom. The van der Waals surface area contributed by atoms with E-state index in [1.165, 1.54) is 13.1 Å². The lowest BCUT2D eigenvalue weighted by Gasteiger charge is -2.10. The van der Waals surface area contributed by atoms with Gasteiger partial charge in [0.1, 0.15) is 5.82 Å². The molecule has 0 aliphatic heterocycles. The van der Waals surface area contributed by atoms with E-state index in [0.717, 1.165) is 11.3 Å². The zero-order valence-electron chi connectivity index (χ0n) is 15.4. The number of aryl methyl sites for hydroxylation is 1. The van der Waals surface area contributed by atoms with Crippen molar-refractivity contribution in [2.75, 3.05) is 15.4 Å². The summed E-state index contributed by atoms with van der Waals surface area (Å²) in [5, 5.41) is 5.81. The average Bonchev–Trinajstić information content (AvgIpc) is 2.64. The molecule has 0 aliphatic rings. The van der Waals surface area contributed by atoms with Gasteiger partial charge in [-0.15, -0.1) is 0 Å². The Bertz CT molecular complexity index is 1080. The van der Waals surface area contributed by atoms with Gasteiger partial charge in [0.15, 0.2) is 0 Å². The first kappa shape index (κ1) is 19.4. The van der Waals surface area contributed by atoms with Gasteiger partial charge in [-0.05, 0) is 61.0 Å². The Hall–Kier alpha value is -3.39. The van der Waals surface area contributed by atoms with Crippen molar-refractivity contribution < 1.29 is 13.2 Å². The zero-order chi connectivity index (χ0) is 20.1. The van der Waals surface area contributed by atoms with Crippen molar-refractivity contribution in [3.8, 4) is 0 Å². The lowest BCUT2D eigenvalue weighted by Crippen LogP contribution is -2.13. The van der Waals surface area contributed by atoms with Gasteiger partial charge in [0.2, 0.25) is 5.91 Å². The third-order valence-corrected chi connectivity index (χ3v) is 5.17. The second-order valence-electron chi connectivity index (χ2n) is 6.24. The van der Waals surface area contributed by atoms with Crippen LogP contribution in [0.4, 0.5) is 22.9 Å². The highest BCUT2D eigenvalue weighted by molar-refractivity contribution is 7.92. The van der Waals surface area contributed by atoms with E-state index in [4.69, 9.17) is 0 Å². The lowest BCUT2D eigenvalue weighted by atomic mass is 10.2. The summed E-state index contributed by atoms with van der Waals surface area (Å²) in [6, 6.07) is 17.2. The van der Waals surface area contributed by atoms with E-state index in [-0.39, 0.29) is 10.8 Å². The zero-order valence-corrected chi connectivity index (χ0v) is 16.2. The van der Waals surface area contributed by atoms with Crippen LogP contribution in [0.5, 0.6) is 0 Å².